The second-order valence-electron chi connectivity index (χ2n) is 2.21. The molecule has 0 saturated heterocycles. The van der Waals surface area contributed by atoms with E-state index in [1.807, 2.05) is 0 Å². The highest BCUT2D eigenvalue weighted by Crippen LogP contribution is 2.13. The quantitative estimate of drug-likeness (QED) is 0.617. The van der Waals surface area contributed by atoms with Crippen LogP contribution in [-0.4, -0.2) is 9.78 Å². The fraction of sp³-hybridized carbons (Fsp3) is 0.375. The van der Waals surface area contributed by atoms with Crippen LogP contribution in [0.4, 0.5) is 0 Å². The summed E-state index contributed by atoms with van der Waals surface area (Å²) in [6, 6.07) is 0. The smallest absolute Gasteiger partial charge is 0.129 e. The van der Waals surface area contributed by atoms with Crippen LogP contribution in [0.2, 0.25) is 5.02 Å². The Kier molecular flexibility index (Phi) is 2.56. The molecule has 1 aromatic heterocycles. The van der Waals surface area contributed by atoms with Gasteiger partial charge in [0.15, 0.2) is 0 Å². The van der Waals surface area contributed by atoms with Crippen LogP contribution in [0.1, 0.15) is 19.0 Å². The van der Waals surface area contributed by atoms with E-state index in [1.54, 1.807) is 10.9 Å². The van der Waals surface area contributed by atoms with Crippen molar-refractivity contribution in [3.63, 3.8) is 0 Å². The first-order valence-electron chi connectivity index (χ1n) is 3.47. The minimum atomic E-state index is 0.556. The lowest BCUT2D eigenvalue weighted by Crippen LogP contribution is -2.01. The zero-order valence-corrected chi connectivity index (χ0v) is 7.10. The summed E-state index contributed by atoms with van der Waals surface area (Å²) in [5.74, 6) is 2.50. The standard InChI is InChI=1S/C8H9ClN2/c1-3-5-11-8(4-2)7(9)6-10-11/h2,6H,3,5H2,1H3. The van der Waals surface area contributed by atoms with Gasteiger partial charge >= 0.3 is 0 Å². The molecule has 0 aromatic carbocycles. The maximum atomic E-state index is 5.75. The average Bonchev–Trinajstić information content (AvgIpc) is 2.33. The predicted octanol–water partition coefficient (Wildman–Crippen LogP) is 1.93. The molecule has 0 saturated carbocycles. The number of terminal acetylenes is 1. The van der Waals surface area contributed by atoms with Gasteiger partial charge in [0.2, 0.25) is 0 Å². The van der Waals surface area contributed by atoms with Gasteiger partial charge < -0.3 is 0 Å². The minimum Gasteiger partial charge on any atom is -0.255 e. The molecule has 1 rings (SSSR count). The summed E-state index contributed by atoms with van der Waals surface area (Å²) in [5.41, 5.74) is 0.675. The van der Waals surface area contributed by atoms with Crippen LogP contribution in [0.25, 0.3) is 0 Å². The summed E-state index contributed by atoms with van der Waals surface area (Å²) in [7, 11) is 0. The Balaban J connectivity index is 2.98. The van der Waals surface area contributed by atoms with Crippen molar-refractivity contribution in [2.24, 2.45) is 0 Å². The van der Waals surface area contributed by atoms with E-state index in [1.165, 1.54) is 0 Å². The van der Waals surface area contributed by atoms with E-state index in [-0.39, 0.29) is 0 Å². The number of hydrogen-bond acceptors (Lipinski definition) is 1. The first-order valence-corrected chi connectivity index (χ1v) is 3.85. The molecular formula is C8H9ClN2. The van der Waals surface area contributed by atoms with Crippen LogP contribution in [0.3, 0.4) is 0 Å². The van der Waals surface area contributed by atoms with E-state index in [0.29, 0.717) is 10.7 Å². The van der Waals surface area contributed by atoms with Gasteiger partial charge in [-0.25, -0.2) is 0 Å². The van der Waals surface area contributed by atoms with Crippen LogP contribution in [0.15, 0.2) is 6.20 Å². The topological polar surface area (TPSA) is 17.8 Å². The molecule has 2 nitrogen and oxygen atoms in total. The van der Waals surface area contributed by atoms with Gasteiger partial charge in [0.25, 0.3) is 0 Å². The highest BCUT2D eigenvalue weighted by atomic mass is 35.5. The van der Waals surface area contributed by atoms with Gasteiger partial charge in [0.1, 0.15) is 5.69 Å². The van der Waals surface area contributed by atoms with Crippen molar-refractivity contribution in [1.29, 1.82) is 0 Å². The van der Waals surface area contributed by atoms with Crippen molar-refractivity contribution in [2.75, 3.05) is 0 Å². The molecule has 58 valence electrons. The highest BCUT2D eigenvalue weighted by Gasteiger charge is 2.03. The third kappa shape index (κ3) is 1.55. The third-order valence-corrected chi connectivity index (χ3v) is 1.64. The lowest BCUT2D eigenvalue weighted by atomic mass is 10.4. The second kappa shape index (κ2) is 3.45. The molecule has 0 spiro atoms. The Labute approximate surface area is 71.2 Å². The van der Waals surface area contributed by atoms with E-state index in [0.717, 1.165) is 13.0 Å². The Morgan fingerprint density at radius 2 is 2.55 bits per heavy atom. The maximum Gasteiger partial charge on any atom is 0.129 e. The highest BCUT2D eigenvalue weighted by molar-refractivity contribution is 6.31. The third-order valence-electron chi connectivity index (χ3n) is 1.37. The first-order chi connectivity index (χ1) is 5.29. The molecule has 0 aliphatic carbocycles. The number of hydrogen-bond donors (Lipinski definition) is 0. The lowest BCUT2D eigenvalue weighted by molar-refractivity contribution is 0.597. The van der Waals surface area contributed by atoms with Gasteiger partial charge in [0.05, 0.1) is 11.2 Å². The molecule has 0 aliphatic heterocycles. The first kappa shape index (κ1) is 8.16. The van der Waals surface area contributed by atoms with Gasteiger partial charge in [0, 0.05) is 6.54 Å². The lowest BCUT2D eigenvalue weighted by Gasteiger charge is -1.98. The van der Waals surface area contributed by atoms with Crippen molar-refractivity contribution >= 4 is 11.6 Å². The van der Waals surface area contributed by atoms with Gasteiger partial charge in [-0.3, -0.25) is 4.68 Å². The molecule has 0 N–H and O–H groups in total. The van der Waals surface area contributed by atoms with Crippen molar-refractivity contribution in [2.45, 2.75) is 19.9 Å². The van der Waals surface area contributed by atoms with Crippen LogP contribution in [0, 0.1) is 12.3 Å². The van der Waals surface area contributed by atoms with Crippen molar-refractivity contribution in [3.05, 3.63) is 16.9 Å². The monoisotopic (exact) mass is 168 g/mol. The zero-order chi connectivity index (χ0) is 8.27. The Morgan fingerprint density at radius 3 is 3.09 bits per heavy atom. The van der Waals surface area contributed by atoms with Crippen LogP contribution >= 0.6 is 11.6 Å². The maximum absolute atomic E-state index is 5.75. The largest absolute Gasteiger partial charge is 0.255 e. The van der Waals surface area contributed by atoms with Crippen molar-refractivity contribution in [3.8, 4) is 12.3 Å². The fourth-order valence-electron chi connectivity index (χ4n) is 0.887. The van der Waals surface area contributed by atoms with Gasteiger partial charge in [-0.05, 0) is 12.3 Å². The van der Waals surface area contributed by atoms with Gasteiger partial charge in [-0.1, -0.05) is 18.5 Å². The zero-order valence-electron chi connectivity index (χ0n) is 6.34. The molecule has 11 heavy (non-hydrogen) atoms. The van der Waals surface area contributed by atoms with Crippen molar-refractivity contribution < 1.29 is 0 Å². The number of rotatable bonds is 2. The van der Waals surface area contributed by atoms with E-state index >= 15 is 0 Å². The van der Waals surface area contributed by atoms with Gasteiger partial charge in [-0.15, -0.1) is 6.42 Å². The molecule has 0 atom stereocenters. The average molecular weight is 169 g/mol. The number of nitrogens with zero attached hydrogens (tertiary/aromatic N) is 2. The normalized spacial score (nSPS) is 9.55. The summed E-state index contributed by atoms with van der Waals surface area (Å²) in [6.45, 7) is 2.89. The molecule has 0 fully saturated rings. The number of aromatic nitrogens is 2. The summed E-state index contributed by atoms with van der Waals surface area (Å²) >= 11 is 5.75. The molecule has 0 bridgehead atoms. The Bertz CT molecular complexity index is 283. The molecule has 0 radical (unpaired) electrons. The second-order valence-corrected chi connectivity index (χ2v) is 2.62. The van der Waals surface area contributed by atoms with E-state index in [9.17, 15) is 0 Å². The molecule has 1 aromatic rings. The van der Waals surface area contributed by atoms with Crippen LogP contribution in [0.5, 0.6) is 0 Å². The number of aryl methyl sites for hydroxylation is 1. The summed E-state index contributed by atoms with van der Waals surface area (Å²) in [6.07, 6.45) is 7.81. The Hall–Kier alpha value is -0.940. The molecule has 3 heteroatoms. The molecule has 0 unspecified atom stereocenters. The molecule has 0 amide bonds. The molecule has 1 heterocycles. The molecular weight excluding hydrogens is 160 g/mol. The van der Waals surface area contributed by atoms with E-state index in [4.69, 9.17) is 18.0 Å². The SMILES string of the molecule is C#Cc1c(Cl)cnn1CCC. The van der Waals surface area contributed by atoms with Crippen LogP contribution in [-0.2, 0) is 6.54 Å². The molecule has 0 aliphatic rings. The number of halogens is 1. The van der Waals surface area contributed by atoms with Crippen molar-refractivity contribution in [1.82, 2.24) is 9.78 Å². The van der Waals surface area contributed by atoms with E-state index in [2.05, 4.69) is 17.9 Å². The summed E-state index contributed by atoms with van der Waals surface area (Å²) < 4.78 is 1.74. The summed E-state index contributed by atoms with van der Waals surface area (Å²) in [4.78, 5) is 0. The van der Waals surface area contributed by atoms with E-state index < -0.39 is 0 Å². The summed E-state index contributed by atoms with van der Waals surface area (Å²) in [5, 5.41) is 4.57. The van der Waals surface area contributed by atoms with Crippen LogP contribution < -0.4 is 0 Å². The fourth-order valence-corrected chi connectivity index (χ4v) is 1.08. The Morgan fingerprint density at radius 1 is 1.82 bits per heavy atom. The minimum absolute atomic E-state index is 0.556. The predicted molar refractivity (Wildman–Crippen MR) is 45.5 cm³/mol. The van der Waals surface area contributed by atoms with Gasteiger partial charge in [-0.2, -0.15) is 5.10 Å².